The Morgan fingerprint density at radius 1 is 1.16 bits per heavy atom. The number of carbonyl (C=O) groups is 2. The van der Waals surface area contributed by atoms with Gasteiger partial charge in [0.05, 0.1) is 6.54 Å². The molecule has 2 N–H and O–H groups in total. The van der Waals surface area contributed by atoms with Crippen LogP contribution in [0.5, 0.6) is 0 Å². The van der Waals surface area contributed by atoms with Crippen LogP contribution in [0.25, 0.3) is 0 Å². The second-order valence-corrected chi connectivity index (χ2v) is 4.51. The molecular formula is C14H21N3O2. The third-order valence-electron chi connectivity index (χ3n) is 2.89. The van der Waals surface area contributed by atoms with Crippen LogP contribution in [-0.2, 0) is 11.3 Å². The molecule has 0 radical (unpaired) electrons. The number of hydrogen-bond acceptors (Lipinski definition) is 3. The molecule has 0 aromatic heterocycles. The van der Waals surface area contributed by atoms with Gasteiger partial charge in [-0.15, -0.1) is 0 Å². The van der Waals surface area contributed by atoms with Gasteiger partial charge in [0.25, 0.3) is 5.91 Å². The van der Waals surface area contributed by atoms with Crippen molar-refractivity contribution in [1.82, 2.24) is 9.80 Å². The standard InChI is InChI=1S/C14H21N3O2/c1-4-17(13(18)9-15)10-11-5-7-12(8-6-11)14(19)16(2)3/h5-8H,4,9-10,15H2,1-3H3. The topological polar surface area (TPSA) is 66.6 Å². The average molecular weight is 263 g/mol. The molecule has 1 aromatic carbocycles. The molecule has 0 bridgehead atoms. The molecule has 0 heterocycles. The van der Waals surface area contributed by atoms with Gasteiger partial charge in [-0.05, 0) is 24.6 Å². The molecule has 0 fully saturated rings. The molecule has 5 nitrogen and oxygen atoms in total. The smallest absolute Gasteiger partial charge is 0.253 e. The number of rotatable bonds is 5. The normalized spacial score (nSPS) is 10.1. The number of nitrogens with zero attached hydrogens (tertiary/aromatic N) is 2. The number of likely N-dealkylation sites (N-methyl/N-ethyl adjacent to an activating group) is 1. The van der Waals surface area contributed by atoms with E-state index in [1.165, 1.54) is 4.90 Å². The zero-order valence-corrected chi connectivity index (χ0v) is 11.7. The summed E-state index contributed by atoms with van der Waals surface area (Å²) in [5, 5.41) is 0. The quantitative estimate of drug-likeness (QED) is 0.850. The Kier molecular flexibility index (Phi) is 5.51. The monoisotopic (exact) mass is 263 g/mol. The van der Waals surface area contributed by atoms with E-state index >= 15 is 0 Å². The molecule has 104 valence electrons. The molecule has 19 heavy (non-hydrogen) atoms. The third-order valence-corrected chi connectivity index (χ3v) is 2.89. The van der Waals surface area contributed by atoms with E-state index in [4.69, 9.17) is 5.73 Å². The summed E-state index contributed by atoms with van der Waals surface area (Å²) in [6, 6.07) is 7.28. The average Bonchev–Trinajstić information content (AvgIpc) is 2.43. The lowest BCUT2D eigenvalue weighted by molar-refractivity contribution is -0.130. The van der Waals surface area contributed by atoms with Gasteiger partial charge in [-0.3, -0.25) is 9.59 Å². The first kappa shape index (κ1) is 15.2. The van der Waals surface area contributed by atoms with Crippen LogP contribution in [0.15, 0.2) is 24.3 Å². The Hall–Kier alpha value is -1.88. The Morgan fingerprint density at radius 3 is 2.16 bits per heavy atom. The number of hydrogen-bond donors (Lipinski definition) is 1. The van der Waals surface area contributed by atoms with Gasteiger partial charge in [-0.25, -0.2) is 0 Å². The maximum absolute atomic E-state index is 11.7. The van der Waals surface area contributed by atoms with Crippen molar-refractivity contribution in [2.75, 3.05) is 27.2 Å². The van der Waals surface area contributed by atoms with Crippen molar-refractivity contribution in [2.45, 2.75) is 13.5 Å². The summed E-state index contributed by atoms with van der Waals surface area (Å²) in [4.78, 5) is 26.5. The summed E-state index contributed by atoms with van der Waals surface area (Å²) in [6.45, 7) is 3.07. The summed E-state index contributed by atoms with van der Waals surface area (Å²) < 4.78 is 0. The molecule has 0 aliphatic rings. The Morgan fingerprint density at radius 2 is 1.74 bits per heavy atom. The zero-order valence-electron chi connectivity index (χ0n) is 11.7. The summed E-state index contributed by atoms with van der Waals surface area (Å²) in [5.41, 5.74) is 6.98. The van der Waals surface area contributed by atoms with E-state index in [0.29, 0.717) is 18.7 Å². The van der Waals surface area contributed by atoms with Crippen LogP contribution >= 0.6 is 0 Å². The molecule has 0 atom stereocenters. The Labute approximate surface area is 114 Å². The lowest BCUT2D eigenvalue weighted by Gasteiger charge is -2.20. The molecule has 2 amide bonds. The SMILES string of the molecule is CCN(Cc1ccc(C(=O)N(C)C)cc1)C(=O)CN. The van der Waals surface area contributed by atoms with Gasteiger partial charge in [-0.1, -0.05) is 12.1 Å². The fourth-order valence-electron chi connectivity index (χ4n) is 1.74. The first-order valence-corrected chi connectivity index (χ1v) is 6.28. The minimum Gasteiger partial charge on any atom is -0.345 e. The van der Waals surface area contributed by atoms with Gasteiger partial charge in [0.1, 0.15) is 0 Å². The van der Waals surface area contributed by atoms with Crippen molar-refractivity contribution in [1.29, 1.82) is 0 Å². The lowest BCUT2D eigenvalue weighted by atomic mass is 10.1. The maximum Gasteiger partial charge on any atom is 0.253 e. The molecule has 0 saturated carbocycles. The van der Waals surface area contributed by atoms with E-state index in [2.05, 4.69) is 0 Å². The Bertz CT molecular complexity index is 441. The maximum atomic E-state index is 11.7. The van der Waals surface area contributed by atoms with Gasteiger partial charge >= 0.3 is 0 Å². The van der Waals surface area contributed by atoms with E-state index in [1.807, 2.05) is 19.1 Å². The highest BCUT2D eigenvalue weighted by Crippen LogP contribution is 2.09. The van der Waals surface area contributed by atoms with E-state index in [0.717, 1.165) is 5.56 Å². The highest BCUT2D eigenvalue weighted by atomic mass is 16.2. The van der Waals surface area contributed by atoms with Crippen LogP contribution in [0.4, 0.5) is 0 Å². The number of carbonyl (C=O) groups excluding carboxylic acids is 2. The summed E-state index contributed by atoms with van der Waals surface area (Å²) in [6.07, 6.45) is 0. The van der Waals surface area contributed by atoms with Gasteiger partial charge in [0.2, 0.25) is 5.91 Å². The summed E-state index contributed by atoms with van der Waals surface area (Å²) in [5.74, 6) is -0.104. The first-order chi connectivity index (χ1) is 8.99. The lowest BCUT2D eigenvalue weighted by Crippen LogP contribution is -2.35. The van der Waals surface area contributed by atoms with Crippen LogP contribution in [0.1, 0.15) is 22.8 Å². The van der Waals surface area contributed by atoms with E-state index in [9.17, 15) is 9.59 Å². The summed E-state index contributed by atoms with van der Waals surface area (Å²) >= 11 is 0. The Balaban J connectivity index is 2.76. The zero-order chi connectivity index (χ0) is 14.4. The van der Waals surface area contributed by atoms with Gasteiger partial charge in [0, 0.05) is 32.7 Å². The predicted molar refractivity (Wildman–Crippen MR) is 74.6 cm³/mol. The summed E-state index contributed by atoms with van der Waals surface area (Å²) in [7, 11) is 3.43. The highest BCUT2D eigenvalue weighted by molar-refractivity contribution is 5.93. The van der Waals surface area contributed by atoms with Crippen molar-refractivity contribution in [2.24, 2.45) is 5.73 Å². The molecule has 1 rings (SSSR count). The van der Waals surface area contributed by atoms with Crippen LogP contribution < -0.4 is 5.73 Å². The molecular weight excluding hydrogens is 242 g/mol. The fourth-order valence-corrected chi connectivity index (χ4v) is 1.74. The second kappa shape index (κ2) is 6.89. The predicted octanol–water partition coefficient (Wildman–Crippen LogP) is 0.696. The largest absolute Gasteiger partial charge is 0.345 e. The fraction of sp³-hybridized carbons (Fsp3) is 0.429. The first-order valence-electron chi connectivity index (χ1n) is 6.28. The third kappa shape index (κ3) is 4.06. The highest BCUT2D eigenvalue weighted by Gasteiger charge is 2.11. The van der Waals surface area contributed by atoms with E-state index in [-0.39, 0.29) is 18.4 Å². The van der Waals surface area contributed by atoms with Crippen LogP contribution in [-0.4, -0.2) is 48.8 Å². The number of amides is 2. The van der Waals surface area contributed by atoms with Crippen LogP contribution in [0.2, 0.25) is 0 Å². The number of benzene rings is 1. The van der Waals surface area contributed by atoms with Crippen molar-refractivity contribution < 1.29 is 9.59 Å². The van der Waals surface area contributed by atoms with Gasteiger partial charge in [-0.2, -0.15) is 0 Å². The van der Waals surface area contributed by atoms with Crippen LogP contribution in [0, 0.1) is 0 Å². The van der Waals surface area contributed by atoms with E-state index < -0.39 is 0 Å². The minimum atomic E-state index is -0.0732. The van der Waals surface area contributed by atoms with Crippen LogP contribution in [0.3, 0.4) is 0 Å². The van der Waals surface area contributed by atoms with Crippen molar-refractivity contribution in [3.63, 3.8) is 0 Å². The molecule has 5 heteroatoms. The molecule has 0 aliphatic carbocycles. The molecule has 0 spiro atoms. The second-order valence-electron chi connectivity index (χ2n) is 4.51. The molecule has 0 unspecified atom stereocenters. The molecule has 0 saturated heterocycles. The minimum absolute atomic E-state index is 0.0189. The van der Waals surface area contributed by atoms with Crippen molar-refractivity contribution >= 4 is 11.8 Å². The van der Waals surface area contributed by atoms with E-state index in [1.54, 1.807) is 31.1 Å². The van der Waals surface area contributed by atoms with Crippen molar-refractivity contribution in [3.05, 3.63) is 35.4 Å². The number of nitrogens with two attached hydrogens (primary N) is 1. The molecule has 1 aromatic rings. The van der Waals surface area contributed by atoms with Gasteiger partial charge in [0.15, 0.2) is 0 Å². The van der Waals surface area contributed by atoms with Gasteiger partial charge < -0.3 is 15.5 Å². The van der Waals surface area contributed by atoms with Crippen molar-refractivity contribution in [3.8, 4) is 0 Å². The molecule has 0 aliphatic heterocycles.